The molecule has 2 rings (SSSR count). The molecule has 1 N–H and O–H groups in total. The number of guanidine groups is 1. The van der Waals surface area contributed by atoms with Crippen molar-refractivity contribution in [3.8, 4) is 0 Å². The average Bonchev–Trinajstić information content (AvgIpc) is 3.08. The first-order valence-corrected chi connectivity index (χ1v) is 8.60. The smallest absolute Gasteiger partial charge is 0.243 e. The van der Waals surface area contributed by atoms with Crippen LogP contribution in [0.3, 0.4) is 0 Å². The molecule has 0 bridgehead atoms. The summed E-state index contributed by atoms with van der Waals surface area (Å²) in [5, 5.41) is 3.33. The van der Waals surface area contributed by atoms with E-state index in [4.69, 9.17) is 4.74 Å². The molecule has 136 valence electrons. The van der Waals surface area contributed by atoms with Crippen LogP contribution in [0.2, 0.25) is 0 Å². The highest BCUT2D eigenvalue weighted by atomic mass is 16.5. The van der Waals surface area contributed by atoms with Gasteiger partial charge in [-0.15, -0.1) is 0 Å². The number of hydrogen-bond acceptors (Lipinski definition) is 4. The molecule has 0 aliphatic carbocycles. The zero-order chi connectivity index (χ0) is 17.5. The molecule has 24 heavy (non-hydrogen) atoms. The van der Waals surface area contributed by atoms with E-state index in [1.165, 1.54) is 4.90 Å². The first-order valence-electron chi connectivity index (χ1n) is 8.60. The molecule has 1 unspecified atom stereocenters. The lowest BCUT2D eigenvalue weighted by Gasteiger charge is -2.35. The van der Waals surface area contributed by atoms with E-state index in [1.54, 1.807) is 14.1 Å². The van der Waals surface area contributed by atoms with E-state index < -0.39 is 0 Å². The Bertz CT molecular complexity index is 474. The number of nitrogens with zero attached hydrogens (tertiary/aromatic N) is 4. The molecule has 0 aromatic rings. The van der Waals surface area contributed by atoms with E-state index in [9.17, 15) is 9.59 Å². The van der Waals surface area contributed by atoms with E-state index in [-0.39, 0.29) is 18.4 Å². The Morgan fingerprint density at radius 1 is 1.42 bits per heavy atom. The summed E-state index contributed by atoms with van der Waals surface area (Å²) in [5.74, 6) is 1.13. The number of rotatable bonds is 5. The van der Waals surface area contributed by atoms with Gasteiger partial charge in [-0.05, 0) is 13.3 Å². The van der Waals surface area contributed by atoms with Crippen LogP contribution >= 0.6 is 0 Å². The highest BCUT2D eigenvalue weighted by Gasteiger charge is 2.26. The maximum absolute atomic E-state index is 12.2. The molecule has 2 aliphatic heterocycles. The molecule has 0 aromatic heterocycles. The predicted octanol–water partition coefficient (Wildman–Crippen LogP) is -0.779. The standard InChI is InChI=1S/C16H29N5O3/c1-4-20-6-7-21(11-15(20)23)16(18-10-14(22)19(2)3)17-9-13-5-8-24-12-13/h13H,4-12H2,1-3H3,(H,17,18). The van der Waals surface area contributed by atoms with E-state index in [1.807, 2.05) is 16.7 Å². The molecule has 1 atom stereocenters. The summed E-state index contributed by atoms with van der Waals surface area (Å²) in [7, 11) is 3.43. The zero-order valence-electron chi connectivity index (χ0n) is 15.0. The molecule has 2 amide bonds. The van der Waals surface area contributed by atoms with Crippen molar-refractivity contribution < 1.29 is 14.3 Å². The summed E-state index contributed by atoms with van der Waals surface area (Å²) in [4.78, 5) is 33.7. The number of piperazine rings is 1. The molecular weight excluding hydrogens is 310 g/mol. The van der Waals surface area contributed by atoms with Crippen molar-refractivity contribution in [3.05, 3.63) is 0 Å². The summed E-state index contributed by atoms with van der Waals surface area (Å²) in [6, 6.07) is 0. The number of hydrogen-bond donors (Lipinski definition) is 1. The lowest BCUT2D eigenvalue weighted by Crippen LogP contribution is -2.55. The second-order valence-electron chi connectivity index (χ2n) is 6.43. The summed E-state index contributed by atoms with van der Waals surface area (Å²) < 4.78 is 5.40. The summed E-state index contributed by atoms with van der Waals surface area (Å²) in [6.45, 7) is 6.80. The molecule has 0 spiro atoms. The van der Waals surface area contributed by atoms with E-state index in [0.29, 0.717) is 25.0 Å². The van der Waals surface area contributed by atoms with Gasteiger partial charge in [0.05, 0.1) is 13.2 Å². The number of carbonyl (C=O) groups is 2. The molecule has 0 aromatic carbocycles. The third-order valence-electron chi connectivity index (χ3n) is 4.44. The fourth-order valence-electron chi connectivity index (χ4n) is 2.76. The highest BCUT2D eigenvalue weighted by molar-refractivity contribution is 5.89. The molecule has 2 aliphatic rings. The summed E-state index contributed by atoms with van der Waals surface area (Å²) in [5.41, 5.74) is 0. The van der Waals surface area contributed by atoms with Crippen LogP contribution in [-0.2, 0) is 14.3 Å². The van der Waals surface area contributed by atoms with Gasteiger partial charge in [-0.25, -0.2) is 4.99 Å². The van der Waals surface area contributed by atoms with Crippen LogP contribution < -0.4 is 5.32 Å². The minimum Gasteiger partial charge on any atom is -0.381 e. The first-order chi connectivity index (χ1) is 11.5. The van der Waals surface area contributed by atoms with Crippen molar-refractivity contribution in [1.29, 1.82) is 0 Å². The van der Waals surface area contributed by atoms with Crippen LogP contribution in [0.1, 0.15) is 13.3 Å². The Balaban J connectivity index is 1.99. The first kappa shape index (κ1) is 18.5. The molecule has 0 saturated carbocycles. The zero-order valence-corrected chi connectivity index (χ0v) is 15.0. The Kier molecular flexibility index (Phi) is 6.84. The Hall–Kier alpha value is -1.83. The van der Waals surface area contributed by atoms with Crippen molar-refractivity contribution in [2.24, 2.45) is 10.9 Å². The molecular formula is C16H29N5O3. The highest BCUT2D eigenvalue weighted by Crippen LogP contribution is 2.11. The van der Waals surface area contributed by atoms with Gasteiger partial charge >= 0.3 is 0 Å². The second kappa shape index (κ2) is 8.86. The van der Waals surface area contributed by atoms with Crippen LogP contribution in [0.4, 0.5) is 0 Å². The van der Waals surface area contributed by atoms with Gasteiger partial charge in [-0.2, -0.15) is 0 Å². The minimum absolute atomic E-state index is 0.0583. The van der Waals surface area contributed by atoms with Crippen LogP contribution in [0.5, 0.6) is 0 Å². The maximum atomic E-state index is 12.2. The second-order valence-corrected chi connectivity index (χ2v) is 6.43. The van der Waals surface area contributed by atoms with Gasteiger partial charge in [0.15, 0.2) is 5.96 Å². The number of likely N-dealkylation sites (N-methyl/N-ethyl adjacent to an activating group) is 2. The maximum Gasteiger partial charge on any atom is 0.243 e. The van der Waals surface area contributed by atoms with Gasteiger partial charge in [-0.3, -0.25) is 9.59 Å². The Labute approximate surface area is 143 Å². The van der Waals surface area contributed by atoms with Crippen LogP contribution in [0.25, 0.3) is 0 Å². The minimum atomic E-state index is -0.0583. The quantitative estimate of drug-likeness (QED) is 0.525. The van der Waals surface area contributed by atoms with Crippen LogP contribution in [0, 0.1) is 5.92 Å². The molecule has 2 fully saturated rings. The number of ether oxygens (including phenoxy) is 1. The van der Waals surface area contributed by atoms with Crippen molar-refractivity contribution in [3.63, 3.8) is 0 Å². The lowest BCUT2D eigenvalue weighted by atomic mass is 10.1. The van der Waals surface area contributed by atoms with Crippen molar-refractivity contribution >= 4 is 17.8 Å². The Morgan fingerprint density at radius 2 is 2.21 bits per heavy atom. The monoisotopic (exact) mass is 339 g/mol. The number of amides is 2. The van der Waals surface area contributed by atoms with Crippen molar-refractivity contribution in [2.75, 3.05) is 66.6 Å². The van der Waals surface area contributed by atoms with Crippen molar-refractivity contribution in [2.45, 2.75) is 13.3 Å². The van der Waals surface area contributed by atoms with E-state index in [0.717, 1.165) is 39.3 Å². The van der Waals surface area contributed by atoms with Crippen LogP contribution in [-0.4, -0.2) is 99.1 Å². The van der Waals surface area contributed by atoms with Gasteiger partial charge in [0.1, 0.15) is 6.54 Å². The lowest BCUT2D eigenvalue weighted by molar-refractivity contribution is -0.134. The fourth-order valence-corrected chi connectivity index (χ4v) is 2.76. The topological polar surface area (TPSA) is 77.5 Å². The van der Waals surface area contributed by atoms with Crippen LogP contribution in [0.15, 0.2) is 4.99 Å². The summed E-state index contributed by atoms with van der Waals surface area (Å²) >= 11 is 0. The van der Waals surface area contributed by atoms with Gasteiger partial charge in [0.2, 0.25) is 11.8 Å². The molecule has 2 saturated heterocycles. The molecule has 0 radical (unpaired) electrons. The summed E-state index contributed by atoms with van der Waals surface area (Å²) in [6.07, 6.45) is 1.03. The number of nitrogens with one attached hydrogen (secondary N) is 1. The number of carbonyl (C=O) groups excluding carboxylic acids is 2. The van der Waals surface area contributed by atoms with Crippen molar-refractivity contribution in [1.82, 2.24) is 20.0 Å². The predicted molar refractivity (Wildman–Crippen MR) is 91.8 cm³/mol. The normalized spacial score (nSPS) is 22.0. The SMILES string of the molecule is CCN1CCN(C(=NCC(=O)N(C)C)NCC2CCOC2)CC1=O. The molecule has 8 nitrogen and oxygen atoms in total. The fraction of sp³-hybridized carbons (Fsp3) is 0.812. The third kappa shape index (κ3) is 5.09. The van der Waals surface area contributed by atoms with Gasteiger partial charge < -0.3 is 24.8 Å². The van der Waals surface area contributed by atoms with Gasteiger partial charge in [-0.1, -0.05) is 0 Å². The number of aliphatic imine (C=N–C) groups is 1. The van der Waals surface area contributed by atoms with Gasteiger partial charge in [0, 0.05) is 52.8 Å². The third-order valence-corrected chi connectivity index (χ3v) is 4.44. The molecule has 8 heteroatoms. The Morgan fingerprint density at radius 3 is 2.79 bits per heavy atom. The van der Waals surface area contributed by atoms with Gasteiger partial charge in [0.25, 0.3) is 0 Å². The van der Waals surface area contributed by atoms with E-state index in [2.05, 4.69) is 10.3 Å². The molecule has 2 heterocycles. The van der Waals surface area contributed by atoms with E-state index >= 15 is 0 Å². The largest absolute Gasteiger partial charge is 0.381 e. The average molecular weight is 339 g/mol.